The predicted octanol–water partition coefficient (Wildman–Crippen LogP) is 2.39. The minimum atomic E-state index is -0.465. The van der Waals surface area contributed by atoms with Crippen molar-refractivity contribution in [3.05, 3.63) is 18.0 Å². The summed E-state index contributed by atoms with van der Waals surface area (Å²) in [6, 6.07) is 1.90. The Morgan fingerprint density at radius 1 is 1.28 bits per heavy atom. The molecule has 7 nitrogen and oxygen atoms in total. The van der Waals surface area contributed by atoms with Gasteiger partial charge in [-0.15, -0.1) is 0 Å². The standard InChI is InChI=1S/C18H28N4O3/c1-14-5-8-19-15(20-14)22-11-12-24-18(13-22)6-9-21(10-7-18)16(23)25-17(2,3)4/h5,8H,6-7,9-13H2,1-4H3. The lowest BCUT2D eigenvalue weighted by atomic mass is 9.89. The summed E-state index contributed by atoms with van der Waals surface area (Å²) in [5.41, 5.74) is 0.266. The first kappa shape index (κ1) is 17.9. The summed E-state index contributed by atoms with van der Waals surface area (Å²) < 4.78 is 11.6. The highest BCUT2D eigenvalue weighted by atomic mass is 16.6. The molecule has 138 valence electrons. The summed E-state index contributed by atoms with van der Waals surface area (Å²) in [6.07, 6.45) is 3.16. The van der Waals surface area contributed by atoms with Crippen LogP contribution in [0.2, 0.25) is 0 Å². The Hall–Kier alpha value is -1.89. The van der Waals surface area contributed by atoms with Crippen LogP contribution >= 0.6 is 0 Å². The fraction of sp³-hybridized carbons (Fsp3) is 0.722. The summed E-state index contributed by atoms with van der Waals surface area (Å²) in [5.74, 6) is 0.761. The van der Waals surface area contributed by atoms with Crippen LogP contribution in [0.3, 0.4) is 0 Å². The minimum Gasteiger partial charge on any atom is -0.444 e. The van der Waals surface area contributed by atoms with E-state index in [0.29, 0.717) is 19.7 Å². The van der Waals surface area contributed by atoms with E-state index < -0.39 is 5.60 Å². The maximum Gasteiger partial charge on any atom is 0.410 e. The van der Waals surface area contributed by atoms with Crippen molar-refractivity contribution < 1.29 is 14.3 Å². The normalized spacial score (nSPS) is 20.6. The van der Waals surface area contributed by atoms with Gasteiger partial charge >= 0.3 is 6.09 Å². The molecular weight excluding hydrogens is 320 g/mol. The summed E-state index contributed by atoms with van der Waals surface area (Å²) in [5, 5.41) is 0. The van der Waals surface area contributed by atoms with Crippen LogP contribution in [0.5, 0.6) is 0 Å². The lowest BCUT2D eigenvalue weighted by molar-refractivity contribution is -0.0915. The molecule has 0 aromatic carbocycles. The number of anilines is 1. The number of aromatic nitrogens is 2. The van der Waals surface area contributed by atoms with Crippen LogP contribution in [0, 0.1) is 6.92 Å². The zero-order valence-corrected chi connectivity index (χ0v) is 15.6. The number of carbonyl (C=O) groups is 1. The summed E-state index contributed by atoms with van der Waals surface area (Å²) >= 11 is 0. The van der Waals surface area contributed by atoms with E-state index >= 15 is 0 Å². The van der Waals surface area contributed by atoms with Crippen LogP contribution in [-0.4, -0.2) is 64.9 Å². The van der Waals surface area contributed by atoms with Crippen molar-refractivity contribution in [1.29, 1.82) is 0 Å². The molecule has 2 saturated heterocycles. The predicted molar refractivity (Wildman–Crippen MR) is 94.7 cm³/mol. The van der Waals surface area contributed by atoms with Crippen LogP contribution in [-0.2, 0) is 9.47 Å². The molecule has 1 aromatic rings. The average molecular weight is 348 g/mol. The monoisotopic (exact) mass is 348 g/mol. The first-order chi connectivity index (χ1) is 11.8. The molecule has 0 unspecified atom stereocenters. The van der Waals surface area contributed by atoms with Gasteiger partial charge in [-0.3, -0.25) is 0 Å². The quantitative estimate of drug-likeness (QED) is 0.776. The number of ether oxygens (including phenoxy) is 2. The third-order valence-electron chi connectivity index (χ3n) is 4.64. The Morgan fingerprint density at radius 3 is 2.64 bits per heavy atom. The number of rotatable bonds is 1. The topological polar surface area (TPSA) is 67.8 Å². The molecule has 3 heterocycles. The van der Waals surface area contributed by atoms with Crippen molar-refractivity contribution in [2.24, 2.45) is 0 Å². The number of hydrogen-bond acceptors (Lipinski definition) is 6. The second kappa shape index (κ2) is 6.78. The Bertz CT molecular complexity index is 621. The van der Waals surface area contributed by atoms with E-state index in [0.717, 1.165) is 37.6 Å². The van der Waals surface area contributed by atoms with Crippen LogP contribution in [0.4, 0.5) is 10.7 Å². The third-order valence-corrected chi connectivity index (χ3v) is 4.64. The molecule has 7 heteroatoms. The molecule has 0 radical (unpaired) electrons. The highest BCUT2D eigenvalue weighted by Gasteiger charge is 2.42. The second-order valence-corrected chi connectivity index (χ2v) is 7.92. The van der Waals surface area contributed by atoms with Crippen molar-refractivity contribution in [2.75, 3.05) is 37.7 Å². The smallest absolute Gasteiger partial charge is 0.410 e. The molecule has 0 atom stereocenters. The van der Waals surface area contributed by atoms with Crippen LogP contribution < -0.4 is 4.90 Å². The second-order valence-electron chi connectivity index (χ2n) is 7.92. The van der Waals surface area contributed by atoms with Crippen molar-refractivity contribution in [3.63, 3.8) is 0 Å². The number of piperidine rings is 1. The number of carbonyl (C=O) groups excluding carboxylic acids is 1. The van der Waals surface area contributed by atoms with Crippen molar-refractivity contribution >= 4 is 12.0 Å². The maximum atomic E-state index is 12.2. The lowest BCUT2D eigenvalue weighted by Gasteiger charge is -2.47. The fourth-order valence-electron chi connectivity index (χ4n) is 3.33. The number of likely N-dealkylation sites (tertiary alicyclic amines) is 1. The van der Waals surface area contributed by atoms with E-state index in [1.807, 2.05) is 33.8 Å². The molecule has 0 saturated carbocycles. The van der Waals surface area contributed by atoms with E-state index in [4.69, 9.17) is 9.47 Å². The summed E-state index contributed by atoms with van der Waals surface area (Å²) in [7, 11) is 0. The Kier molecular flexibility index (Phi) is 4.86. The molecule has 2 aliphatic heterocycles. The lowest BCUT2D eigenvalue weighted by Crippen LogP contribution is -2.58. The Balaban J connectivity index is 1.61. The van der Waals surface area contributed by atoms with Gasteiger partial charge in [-0.05, 0) is 46.6 Å². The third kappa shape index (κ3) is 4.39. The number of aryl methyl sites for hydroxylation is 1. The van der Waals surface area contributed by atoms with E-state index in [1.165, 1.54) is 0 Å². The average Bonchev–Trinajstić information content (AvgIpc) is 2.54. The summed E-state index contributed by atoms with van der Waals surface area (Å²) in [4.78, 5) is 25.1. The van der Waals surface area contributed by atoms with Gasteiger partial charge < -0.3 is 19.3 Å². The van der Waals surface area contributed by atoms with Gasteiger partial charge in [0.25, 0.3) is 0 Å². The number of hydrogen-bond donors (Lipinski definition) is 0. The van der Waals surface area contributed by atoms with Crippen LogP contribution in [0.25, 0.3) is 0 Å². The molecule has 25 heavy (non-hydrogen) atoms. The van der Waals surface area contributed by atoms with E-state index in [9.17, 15) is 4.79 Å². The number of amides is 1. The van der Waals surface area contributed by atoms with Gasteiger partial charge in [0.15, 0.2) is 0 Å². The molecule has 3 rings (SSSR count). The first-order valence-electron chi connectivity index (χ1n) is 8.93. The van der Waals surface area contributed by atoms with E-state index in [2.05, 4.69) is 14.9 Å². The van der Waals surface area contributed by atoms with Gasteiger partial charge in [0.2, 0.25) is 5.95 Å². The number of nitrogens with zero attached hydrogens (tertiary/aromatic N) is 4. The largest absolute Gasteiger partial charge is 0.444 e. The van der Waals surface area contributed by atoms with E-state index in [-0.39, 0.29) is 11.7 Å². The molecule has 1 aromatic heterocycles. The molecule has 0 aliphatic carbocycles. The fourth-order valence-corrected chi connectivity index (χ4v) is 3.33. The zero-order valence-electron chi connectivity index (χ0n) is 15.6. The Morgan fingerprint density at radius 2 is 2.00 bits per heavy atom. The number of morpholine rings is 1. The minimum absolute atomic E-state index is 0.232. The molecule has 2 fully saturated rings. The van der Waals surface area contributed by atoms with Gasteiger partial charge in [0.05, 0.1) is 18.8 Å². The molecule has 1 amide bonds. The van der Waals surface area contributed by atoms with Gasteiger partial charge in [0, 0.05) is 31.5 Å². The SMILES string of the molecule is Cc1ccnc(N2CCOC3(CCN(C(=O)OC(C)(C)C)CC3)C2)n1. The van der Waals surface area contributed by atoms with E-state index in [1.54, 1.807) is 11.1 Å². The van der Waals surface area contributed by atoms with Crippen molar-refractivity contribution in [1.82, 2.24) is 14.9 Å². The molecule has 1 spiro atoms. The van der Waals surface area contributed by atoms with Crippen molar-refractivity contribution in [3.8, 4) is 0 Å². The first-order valence-corrected chi connectivity index (χ1v) is 8.93. The molecule has 2 aliphatic rings. The summed E-state index contributed by atoms with van der Waals surface area (Å²) in [6.45, 7) is 11.2. The maximum absolute atomic E-state index is 12.2. The van der Waals surface area contributed by atoms with Crippen LogP contribution in [0.15, 0.2) is 12.3 Å². The molecular formula is C18H28N4O3. The highest BCUT2D eigenvalue weighted by Crippen LogP contribution is 2.31. The molecule has 0 bridgehead atoms. The van der Waals surface area contributed by atoms with Gasteiger partial charge in [-0.1, -0.05) is 0 Å². The molecule has 0 N–H and O–H groups in total. The van der Waals surface area contributed by atoms with Crippen molar-refractivity contribution in [2.45, 2.75) is 51.7 Å². The highest BCUT2D eigenvalue weighted by molar-refractivity contribution is 5.68. The van der Waals surface area contributed by atoms with Gasteiger partial charge in [-0.2, -0.15) is 0 Å². The van der Waals surface area contributed by atoms with Gasteiger partial charge in [0.1, 0.15) is 5.60 Å². The van der Waals surface area contributed by atoms with Crippen LogP contribution in [0.1, 0.15) is 39.3 Å². The zero-order chi connectivity index (χ0) is 18.1. The Labute approximate surface area is 149 Å². The van der Waals surface area contributed by atoms with Gasteiger partial charge in [-0.25, -0.2) is 14.8 Å².